The number of amides is 6. The van der Waals surface area contributed by atoms with Gasteiger partial charge in [-0.05, 0) is 84.5 Å². The molecule has 0 bridgehead atoms. The molecule has 0 N–H and O–H groups in total. The van der Waals surface area contributed by atoms with E-state index in [1.54, 1.807) is 74.5 Å². The highest BCUT2D eigenvalue weighted by atomic mass is 16.8. The Labute approximate surface area is 417 Å². The lowest BCUT2D eigenvalue weighted by molar-refractivity contribution is -0.178. The number of ether oxygens (including phenoxy) is 6. The number of hydrogen-bond donors (Lipinski definition) is 0. The smallest absolute Gasteiger partial charge is 0.428 e. The SMILES string of the molecule is CC(=O)Oc1c(C)cc(COC(=O)ON2C(=O)CCC2=O)cc1C.CC(=O)Oc1ccc(COC(=O)ON2C(=O)CCC2=O)cc1.CCCCCCC(=O)Oc1ccc(COC(=O)ON2C(=O)CCC2=O)cc1. The summed E-state index contributed by atoms with van der Waals surface area (Å²) in [6.07, 6.45) is 1.08. The zero-order chi connectivity index (χ0) is 53.6. The summed E-state index contributed by atoms with van der Waals surface area (Å²) in [4.78, 5) is 150. The Bertz CT molecular complexity index is 2490. The third-order valence-corrected chi connectivity index (χ3v) is 9.93. The molecule has 24 nitrogen and oxygen atoms in total. The van der Waals surface area contributed by atoms with Crippen LogP contribution in [0.5, 0.6) is 17.2 Å². The van der Waals surface area contributed by atoms with Gasteiger partial charge in [-0.15, -0.1) is 0 Å². The molecule has 3 aliphatic heterocycles. The van der Waals surface area contributed by atoms with Gasteiger partial charge >= 0.3 is 36.4 Å². The minimum atomic E-state index is -1.15. The Kier molecular flexibility index (Phi) is 22.0. The minimum absolute atomic E-state index is 0.0160. The van der Waals surface area contributed by atoms with Gasteiger partial charge in [0.15, 0.2) is 0 Å². The molecule has 6 amide bonds. The molecule has 3 heterocycles. The Morgan fingerprint density at radius 3 is 1.14 bits per heavy atom. The van der Waals surface area contributed by atoms with Crippen LogP contribution in [0.4, 0.5) is 14.4 Å². The molecule has 3 aromatic carbocycles. The van der Waals surface area contributed by atoms with E-state index >= 15 is 0 Å². The van der Waals surface area contributed by atoms with Crippen LogP contribution in [0.25, 0.3) is 0 Å². The summed E-state index contributed by atoms with van der Waals surface area (Å²) >= 11 is 0. The lowest BCUT2D eigenvalue weighted by Crippen LogP contribution is -2.32. The van der Waals surface area contributed by atoms with Gasteiger partial charge in [0.25, 0.3) is 35.4 Å². The number of unbranched alkanes of at least 4 members (excludes halogenated alkanes) is 3. The molecule has 24 heteroatoms. The number of carbonyl (C=O) groups is 12. The second kappa shape index (κ2) is 28.2. The number of hydrogen-bond acceptors (Lipinski definition) is 21. The van der Waals surface area contributed by atoms with Crippen molar-refractivity contribution in [3.8, 4) is 17.2 Å². The number of nitrogens with zero attached hydrogens (tertiary/aromatic N) is 3. The van der Waals surface area contributed by atoms with Crippen molar-refractivity contribution in [1.29, 1.82) is 0 Å². The molecule has 0 saturated carbocycles. The molecule has 390 valence electrons. The number of esters is 3. The first-order valence-corrected chi connectivity index (χ1v) is 22.7. The fraction of sp³-hybridized carbons (Fsp3) is 0.388. The van der Waals surface area contributed by atoms with Gasteiger partial charge < -0.3 is 28.4 Å². The van der Waals surface area contributed by atoms with E-state index in [1.165, 1.54) is 13.8 Å². The molecule has 3 aliphatic rings. The van der Waals surface area contributed by atoms with Crippen molar-refractivity contribution < 1.29 is 100 Å². The highest BCUT2D eigenvalue weighted by Crippen LogP contribution is 2.26. The van der Waals surface area contributed by atoms with Crippen molar-refractivity contribution in [2.24, 2.45) is 0 Å². The summed E-state index contributed by atoms with van der Waals surface area (Å²) in [7, 11) is 0. The average Bonchev–Trinajstić information content (AvgIpc) is 3.96. The molecule has 3 aromatic rings. The van der Waals surface area contributed by atoms with Gasteiger partial charge in [0.2, 0.25) is 0 Å². The third-order valence-electron chi connectivity index (χ3n) is 9.93. The molecule has 73 heavy (non-hydrogen) atoms. The number of imide groups is 3. The number of benzene rings is 3. The van der Waals surface area contributed by atoms with E-state index in [1.807, 2.05) is 0 Å². The Hall–Kier alpha value is -8.70. The van der Waals surface area contributed by atoms with Gasteiger partial charge in [-0.3, -0.25) is 57.7 Å². The van der Waals surface area contributed by atoms with Crippen LogP contribution in [0.2, 0.25) is 0 Å². The van der Waals surface area contributed by atoms with Gasteiger partial charge in [-0.1, -0.05) is 65.6 Å². The van der Waals surface area contributed by atoms with E-state index in [9.17, 15) is 57.5 Å². The van der Waals surface area contributed by atoms with Crippen LogP contribution in [0.1, 0.15) is 119 Å². The van der Waals surface area contributed by atoms with Crippen LogP contribution in [-0.4, -0.2) is 87.0 Å². The summed E-state index contributed by atoms with van der Waals surface area (Å²) in [5.74, 6) is -3.34. The topological polar surface area (TPSA) is 298 Å². The Balaban J connectivity index is 0.000000239. The number of aryl methyl sites for hydroxylation is 2. The summed E-state index contributed by atoms with van der Waals surface area (Å²) in [6.45, 7) is 7.88. The van der Waals surface area contributed by atoms with E-state index in [2.05, 4.69) is 21.4 Å². The largest absolute Gasteiger partial charge is 0.534 e. The van der Waals surface area contributed by atoms with Crippen molar-refractivity contribution in [2.75, 3.05) is 0 Å². The van der Waals surface area contributed by atoms with Gasteiger partial charge in [0.05, 0.1) is 0 Å². The van der Waals surface area contributed by atoms with Crippen molar-refractivity contribution in [3.63, 3.8) is 0 Å². The average molecular weight is 1020 g/mol. The third kappa shape index (κ3) is 19.2. The van der Waals surface area contributed by atoms with E-state index in [4.69, 9.17) is 28.4 Å². The van der Waals surface area contributed by atoms with E-state index < -0.39 is 65.8 Å². The second-order valence-electron chi connectivity index (χ2n) is 16.0. The summed E-state index contributed by atoms with van der Waals surface area (Å²) < 4.78 is 29.8. The molecular formula is C49H53N3O21. The molecule has 0 aliphatic carbocycles. The number of rotatable bonds is 17. The highest BCUT2D eigenvalue weighted by Gasteiger charge is 2.35. The van der Waals surface area contributed by atoms with Crippen LogP contribution in [0.15, 0.2) is 60.7 Å². The second-order valence-corrected chi connectivity index (χ2v) is 16.0. The molecular weight excluding hydrogens is 967 g/mol. The normalized spacial score (nSPS) is 13.8. The van der Waals surface area contributed by atoms with Crippen molar-refractivity contribution in [2.45, 2.75) is 125 Å². The van der Waals surface area contributed by atoms with Crippen LogP contribution >= 0.6 is 0 Å². The highest BCUT2D eigenvalue weighted by molar-refractivity contribution is 6.02. The zero-order valence-electron chi connectivity index (χ0n) is 40.6. The maximum absolute atomic E-state index is 11.7. The van der Waals surface area contributed by atoms with Gasteiger partial charge in [-0.2, -0.15) is 0 Å². The predicted octanol–water partition coefficient (Wildman–Crippen LogP) is 6.55. The van der Waals surface area contributed by atoms with Crippen molar-refractivity contribution in [3.05, 3.63) is 88.5 Å². The van der Waals surface area contributed by atoms with Crippen LogP contribution < -0.4 is 14.2 Å². The Morgan fingerprint density at radius 1 is 0.452 bits per heavy atom. The fourth-order valence-corrected chi connectivity index (χ4v) is 6.48. The van der Waals surface area contributed by atoms with Crippen LogP contribution in [-0.2, 0) is 91.7 Å². The lowest BCUT2D eigenvalue weighted by atomic mass is 10.1. The zero-order valence-corrected chi connectivity index (χ0v) is 40.6. The first kappa shape index (κ1) is 56.9. The molecule has 0 radical (unpaired) electrons. The molecule has 3 fully saturated rings. The number of hydroxylamine groups is 6. The van der Waals surface area contributed by atoms with Crippen molar-refractivity contribution in [1.82, 2.24) is 15.2 Å². The molecule has 0 spiro atoms. The Morgan fingerprint density at radius 2 is 0.795 bits per heavy atom. The van der Waals surface area contributed by atoms with Gasteiger partial charge in [0.1, 0.15) is 37.1 Å². The van der Waals surface area contributed by atoms with E-state index in [0.29, 0.717) is 66.7 Å². The van der Waals surface area contributed by atoms with Gasteiger partial charge in [-0.25, -0.2) is 14.4 Å². The maximum Gasteiger partial charge on any atom is 0.534 e. The van der Waals surface area contributed by atoms with Gasteiger partial charge in [0, 0.05) is 58.8 Å². The quantitative estimate of drug-likeness (QED) is 0.0455. The summed E-state index contributed by atoms with van der Waals surface area (Å²) in [6, 6.07) is 16.1. The summed E-state index contributed by atoms with van der Waals surface area (Å²) in [5.41, 5.74) is 3.32. The lowest BCUT2D eigenvalue weighted by Gasteiger charge is -2.14. The minimum Gasteiger partial charge on any atom is -0.428 e. The standard InChI is InChI=1S/C19H23NO7.C16H17NO7.C14H13NO7/c1-2-3-4-5-6-18(23)26-15-9-7-14(8-10-15)13-25-19(24)27-20-16(21)11-12-17(20)22;1-9-6-12(7-10(2)15(9)23-11(3)18)8-22-16(21)24-17-13(19)4-5-14(17)20;1-9(16)21-11-4-2-10(3-5-11)8-20-14(19)22-15-12(17)6-7-13(15)18/h7-10H,2-6,11-13H2,1H3;6-7H,4-5,8H2,1-3H3;2-5H,6-8H2,1H3. The summed E-state index contributed by atoms with van der Waals surface area (Å²) in [5, 5.41) is 1.25. The predicted molar refractivity (Wildman–Crippen MR) is 243 cm³/mol. The molecule has 0 aromatic heterocycles. The van der Waals surface area contributed by atoms with Crippen LogP contribution in [0.3, 0.4) is 0 Å². The molecule has 0 atom stereocenters. The fourth-order valence-electron chi connectivity index (χ4n) is 6.48. The van der Waals surface area contributed by atoms with E-state index in [0.717, 1.165) is 25.7 Å². The van der Waals surface area contributed by atoms with E-state index in [-0.39, 0.29) is 64.3 Å². The maximum atomic E-state index is 11.7. The van der Waals surface area contributed by atoms with Crippen molar-refractivity contribution >= 4 is 71.8 Å². The number of carbonyl (C=O) groups excluding carboxylic acids is 12. The van der Waals surface area contributed by atoms with Crippen LogP contribution in [0, 0.1) is 13.8 Å². The molecule has 6 rings (SSSR count). The molecule has 0 unspecified atom stereocenters. The molecule has 3 saturated heterocycles. The monoisotopic (exact) mass is 1020 g/mol. The first-order chi connectivity index (χ1) is 34.7. The first-order valence-electron chi connectivity index (χ1n) is 22.7.